The van der Waals surface area contributed by atoms with Crippen molar-refractivity contribution in [2.75, 3.05) is 13.2 Å². The summed E-state index contributed by atoms with van der Waals surface area (Å²) in [6, 6.07) is 0. The third-order valence-corrected chi connectivity index (χ3v) is 8.75. The average Bonchev–Trinajstić information content (AvgIpc) is 3.06. The summed E-state index contributed by atoms with van der Waals surface area (Å²) in [4.78, 5) is 24.2. The van der Waals surface area contributed by atoms with Gasteiger partial charge in [-0.15, -0.1) is 0 Å². The molecule has 1 atom stereocenters. The number of rotatable bonds is 36. The lowest BCUT2D eigenvalue weighted by atomic mass is 10.0. The van der Waals surface area contributed by atoms with Crippen LogP contribution in [0.4, 0.5) is 0 Å². The van der Waals surface area contributed by atoms with E-state index < -0.39 is 6.10 Å². The Morgan fingerprint density at radius 1 is 0.500 bits per heavy atom. The second kappa shape index (κ2) is 37.8. The van der Waals surface area contributed by atoms with Crippen LogP contribution in [0.25, 0.3) is 0 Å². The van der Waals surface area contributed by atoms with E-state index in [-0.39, 0.29) is 25.2 Å². The molecule has 5 nitrogen and oxygen atoms in total. The fourth-order valence-electron chi connectivity index (χ4n) is 5.70. The zero-order chi connectivity index (χ0) is 33.6. The van der Waals surface area contributed by atoms with Crippen LogP contribution in [-0.4, -0.2) is 36.4 Å². The van der Waals surface area contributed by atoms with Gasteiger partial charge in [-0.2, -0.15) is 0 Å². The van der Waals surface area contributed by atoms with Crippen molar-refractivity contribution in [3.63, 3.8) is 0 Å². The van der Waals surface area contributed by atoms with Crippen LogP contribution in [0, 0.1) is 0 Å². The number of esters is 2. The van der Waals surface area contributed by atoms with Gasteiger partial charge in [0.2, 0.25) is 0 Å². The van der Waals surface area contributed by atoms with Crippen LogP contribution in [0.1, 0.15) is 206 Å². The Hall–Kier alpha value is -1.62. The molecule has 0 saturated carbocycles. The molecule has 0 aliphatic heterocycles. The molecule has 0 amide bonds. The highest BCUT2D eigenvalue weighted by atomic mass is 16.6. The normalized spacial score (nSPS) is 12.3. The van der Waals surface area contributed by atoms with Crippen molar-refractivity contribution >= 4 is 11.9 Å². The van der Waals surface area contributed by atoms with Crippen LogP contribution < -0.4 is 0 Å². The maximum absolute atomic E-state index is 12.1. The van der Waals surface area contributed by atoms with Crippen LogP contribution in [0.3, 0.4) is 0 Å². The molecule has 0 heterocycles. The SMILES string of the molecule is CCCCCC=CCC=CCCCCCCCC(=O)OC(CO)COC(=O)CCCCCCCCCCCCCCCCCCC. The van der Waals surface area contributed by atoms with Crippen molar-refractivity contribution in [3.8, 4) is 0 Å². The summed E-state index contributed by atoms with van der Waals surface area (Å²) in [6.07, 6.45) is 43.8. The lowest BCUT2D eigenvalue weighted by molar-refractivity contribution is -0.161. The van der Waals surface area contributed by atoms with Crippen molar-refractivity contribution in [2.24, 2.45) is 0 Å². The first kappa shape index (κ1) is 44.4. The highest BCUT2D eigenvalue weighted by molar-refractivity contribution is 5.70. The third kappa shape index (κ3) is 35.2. The lowest BCUT2D eigenvalue weighted by Gasteiger charge is -2.15. The molecule has 0 saturated heterocycles. The molecule has 0 aromatic heterocycles. The summed E-state index contributed by atoms with van der Waals surface area (Å²) < 4.78 is 10.6. The van der Waals surface area contributed by atoms with E-state index in [0.717, 1.165) is 51.4 Å². The largest absolute Gasteiger partial charge is 0.462 e. The molecule has 0 radical (unpaired) electrons. The van der Waals surface area contributed by atoms with E-state index in [1.54, 1.807) is 0 Å². The molecule has 0 aliphatic carbocycles. The van der Waals surface area contributed by atoms with Crippen molar-refractivity contribution in [3.05, 3.63) is 24.3 Å². The number of ether oxygens (including phenoxy) is 2. The minimum Gasteiger partial charge on any atom is -0.462 e. The predicted octanol–water partition coefficient (Wildman–Crippen LogP) is 12.3. The van der Waals surface area contributed by atoms with E-state index >= 15 is 0 Å². The summed E-state index contributed by atoms with van der Waals surface area (Å²) in [6.45, 7) is 4.11. The van der Waals surface area contributed by atoms with E-state index in [1.807, 2.05) is 0 Å². The minimum atomic E-state index is -0.773. The smallest absolute Gasteiger partial charge is 0.306 e. The quantitative estimate of drug-likeness (QED) is 0.0416. The first-order valence-electron chi connectivity index (χ1n) is 19.9. The molecule has 270 valence electrons. The van der Waals surface area contributed by atoms with Crippen molar-refractivity contribution in [2.45, 2.75) is 213 Å². The molecular weight excluding hydrogens is 572 g/mol. The van der Waals surface area contributed by atoms with Crippen LogP contribution in [0.5, 0.6) is 0 Å². The molecule has 1 N–H and O–H groups in total. The fraction of sp³-hybridized carbons (Fsp3) is 0.854. The van der Waals surface area contributed by atoms with Gasteiger partial charge < -0.3 is 14.6 Å². The van der Waals surface area contributed by atoms with Gasteiger partial charge in [-0.05, 0) is 44.9 Å². The van der Waals surface area contributed by atoms with Crippen LogP contribution in [-0.2, 0) is 19.1 Å². The Balaban J connectivity index is 3.54. The van der Waals surface area contributed by atoms with E-state index in [9.17, 15) is 14.7 Å². The lowest BCUT2D eigenvalue weighted by Crippen LogP contribution is -2.28. The van der Waals surface area contributed by atoms with Gasteiger partial charge in [0.25, 0.3) is 0 Å². The standard InChI is InChI=1S/C41H76O5/c1-3-5-7-9-11-13-15-17-19-20-22-23-25-27-29-31-33-35-40(43)45-38-39(37-42)46-41(44)36-34-32-30-28-26-24-21-18-16-14-12-10-8-6-4-2/h12,14,18,21,39,42H,3-11,13,15-17,19-20,22-38H2,1-2H3. The molecule has 0 aromatic carbocycles. The van der Waals surface area contributed by atoms with Gasteiger partial charge in [0.05, 0.1) is 6.61 Å². The molecule has 0 aromatic rings. The average molecular weight is 649 g/mol. The Morgan fingerprint density at radius 2 is 0.870 bits per heavy atom. The van der Waals surface area contributed by atoms with Gasteiger partial charge in [0.1, 0.15) is 6.61 Å². The zero-order valence-corrected chi connectivity index (χ0v) is 30.6. The first-order chi connectivity index (χ1) is 22.6. The molecule has 5 heteroatoms. The monoisotopic (exact) mass is 649 g/mol. The molecule has 0 aliphatic rings. The molecule has 46 heavy (non-hydrogen) atoms. The number of hydrogen-bond donors (Lipinski definition) is 1. The van der Waals surface area contributed by atoms with E-state index in [4.69, 9.17) is 9.47 Å². The van der Waals surface area contributed by atoms with Crippen molar-refractivity contribution < 1.29 is 24.2 Å². The predicted molar refractivity (Wildman–Crippen MR) is 196 cm³/mol. The highest BCUT2D eigenvalue weighted by Gasteiger charge is 2.16. The molecule has 0 fully saturated rings. The minimum absolute atomic E-state index is 0.0673. The van der Waals surface area contributed by atoms with Gasteiger partial charge >= 0.3 is 11.9 Å². The van der Waals surface area contributed by atoms with Crippen molar-refractivity contribution in [1.29, 1.82) is 0 Å². The van der Waals surface area contributed by atoms with Gasteiger partial charge in [-0.25, -0.2) is 0 Å². The van der Waals surface area contributed by atoms with Crippen LogP contribution >= 0.6 is 0 Å². The summed E-state index contributed by atoms with van der Waals surface area (Å²) in [5.41, 5.74) is 0. The Labute approximate surface area is 285 Å². The van der Waals surface area contributed by atoms with E-state index in [0.29, 0.717) is 12.8 Å². The first-order valence-corrected chi connectivity index (χ1v) is 19.9. The second-order valence-corrected chi connectivity index (χ2v) is 13.4. The summed E-state index contributed by atoms with van der Waals surface area (Å²) in [5.74, 6) is -0.599. The van der Waals surface area contributed by atoms with Gasteiger partial charge in [0, 0.05) is 12.8 Å². The number of carbonyl (C=O) groups excluding carboxylic acids is 2. The van der Waals surface area contributed by atoms with Crippen LogP contribution in [0.2, 0.25) is 0 Å². The summed E-state index contributed by atoms with van der Waals surface area (Å²) >= 11 is 0. The zero-order valence-electron chi connectivity index (χ0n) is 30.6. The van der Waals surface area contributed by atoms with Gasteiger partial charge in [-0.3, -0.25) is 9.59 Å². The maximum Gasteiger partial charge on any atom is 0.306 e. The fourth-order valence-corrected chi connectivity index (χ4v) is 5.70. The second-order valence-electron chi connectivity index (χ2n) is 13.4. The van der Waals surface area contributed by atoms with Gasteiger partial charge in [0.15, 0.2) is 6.10 Å². The third-order valence-electron chi connectivity index (χ3n) is 8.75. The van der Waals surface area contributed by atoms with E-state index in [1.165, 1.54) is 128 Å². The number of carbonyl (C=O) groups is 2. The van der Waals surface area contributed by atoms with Crippen LogP contribution in [0.15, 0.2) is 24.3 Å². The molecule has 0 spiro atoms. The number of aliphatic hydroxyl groups excluding tert-OH is 1. The Kier molecular flexibility index (Phi) is 36.5. The number of allylic oxidation sites excluding steroid dienone is 4. The topological polar surface area (TPSA) is 72.8 Å². The summed E-state index contributed by atoms with van der Waals surface area (Å²) in [7, 11) is 0. The summed E-state index contributed by atoms with van der Waals surface area (Å²) in [5, 5.41) is 9.55. The molecule has 1 unspecified atom stereocenters. The van der Waals surface area contributed by atoms with E-state index in [2.05, 4.69) is 38.2 Å². The number of aliphatic hydroxyl groups is 1. The number of hydrogen-bond acceptors (Lipinski definition) is 5. The Morgan fingerprint density at radius 3 is 1.33 bits per heavy atom. The maximum atomic E-state index is 12.1. The molecular formula is C41H76O5. The number of unbranched alkanes of at least 4 members (excludes halogenated alkanes) is 24. The Bertz CT molecular complexity index is 701. The molecule has 0 rings (SSSR count). The molecule has 0 bridgehead atoms. The highest BCUT2D eigenvalue weighted by Crippen LogP contribution is 2.15. The van der Waals surface area contributed by atoms with Crippen molar-refractivity contribution in [1.82, 2.24) is 0 Å². The van der Waals surface area contributed by atoms with Gasteiger partial charge in [-0.1, -0.05) is 173 Å².